The number of carbonyl (C=O) groups is 3. The molecule has 2 aromatic rings. The molecular formula is C23H29N3O4. The lowest BCUT2D eigenvalue weighted by molar-refractivity contribution is -0.117. The van der Waals surface area contributed by atoms with Gasteiger partial charge in [-0.1, -0.05) is 42.5 Å². The molecule has 0 unspecified atom stereocenters. The lowest BCUT2D eigenvalue weighted by atomic mass is 10.1. The standard InChI is InChI=1S/C23H29N3O4/c1-23(2,3)30-22(29)24-16-15-21(28)26-19-12-8-7-11-18(19)25-20(27)14-13-17-9-5-4-6-10-17/h4-12H,13-16H2,1-3H3,(H,24,29)(H,25,27)(H,26,28). The number of aryl methyl sites for hydroxylation is 1. The number of para-hydroxylation sites is 2. The number of carbonyl (C=O) groups excluding carboxylic acids is 3. The van der Waals surface area contributed by atoms with Crippen molar-refractivity contribution >= 4 is 29.3 Å². The van der Waals surface area contributed by atoms with Gasteiger partial charge >= 0.3 is 6.09 Å². The Morgan fingerprint density at radius 3 is 1.90 bits per heavy atom. The van der Waals surface area contributed by atoms with Crippen LogP contribution in [-0.2, 0) is 20.7 Å². The van der Waals surface area contributed by atoms with Crippen LogP contribution in [0.5, 0.6) is 0 Å². The zero-order valence-electron chi connectivity index (χ0n) is 17.7. The van der Waals surface area contributed by atoms with Crippen molar-refractivity contribution in [2.45, 2.75) is 45.6 Å². The third-order valence-corrected chi connectivity index (χ3v) is 3.98. The van der Waals surface area contributed by atoms with Gasteiger partial charge in [0.05, 0.1) is 11.4 Å². The van der Waals surface area contributed by atoms with E-state index < -0.39 is 11.7 Å². The van der Waals surface area contributed by atoms with Crippen molar-refractivity contribution in [3.8, 4) is 0 Å². The minimum Gasteiger partial charge on any atom is -0.444 e. The quantitative estimate of drug-likeness (QED) is 0.609. The summed E-state index contributed by atoms with van der Waals surface area (Å²) in [5, 5.41) is 8.15. The molecule has 0 saturated carbocycles. The lowest BCUT2D eigenvalue weighted by Crippen LogP contribution is -2.34. The Morgan fingerprint density at radius 2 is 1.33 bits per heavy atom. The molecular weight excluding hydrogens is 382 g/mol. The number of benzene rings is 2. The molecule has 0 fully saturated rings. The van der Waals surface area contributed by atoms with E-state index in [1.807, 2.05) is 30.3 Å². The van der Waals surface area contributed by atoms with Crippen molar-refractivity contribution in [1.29, 1.82) is 0 Å². The minimum atomic E-state index is -0.593. The number of ether oxygens (including phenoxy) is 1. The largest absolute Gasteiger partial charge is 0.444 e. The number of hydrogen-bond donors (Lipinski definition) is 3. The summed E-state index contributed by atoms with van der Waals surface area (Å²) in [6.07, 6.45) is 0.487. The van der Waals surface area contributed by atoms with Crippen LogP contribution in [-0.4, -0.2) is 30.1 Å². The van der Waals surface area contributed by atoms with Gasteiger partial charge in [0.1, 0.15) is 5.60 Å². The molecule has 160 valence electrons. The fraction of sp³-hybridized carbons (Fsp3) is 0.348. The smallest absolute Gasteiger partial charge is 0.407 e. The second kappa shape index (κ2) is 11.0. The molecule has 30 heavy (non-hydrogen) atoms. The van der Waals surface area contributed by atoms with Crippen LogP contribution in [0.25, 0.3) is 0 Å². The van der Waals surface area contributed by atoms with E-state index >= 15 is 0 Å². The van der Waals surface area contributed by atoms with E-state index in [4.69, 9.17) is 4.74 Å². The van der Waals surface area contributed by atoms with Crippen molar-refractivity contribution in [3.05, 3.63) is 60.2 Å². The van der Waals surface area contributed by atoms with Crippen LogP contribution in [0.15, 0.2) is 54.6 Å². The van der Waals surface area contributed by atoms with Gasteiger partial charge in [0.15, 0.2) is 0 Å². The predicted molar refractivity (Wildman–Crippen MR) is 117 cm³/mol. The monoisotopic (exact) mass is 411 g/mol. The molecule has 0 bridgehead atoms. The maximum atomic E-state index is 12.3. The van der Waals surface area contributed by atoms with Gasteiger partial charge in [-0.05, 0) is 44.9 Å². The summed E-state index contributed by atoms with van der Waals surface area (Å²) in [6.45, 7) is 5.45. The van der Waals surface area contributed by atoms with Gasteiger partial charge in [-0.15, -0.1) is 0 Å². The summed E-state index contributed by atoms with van der Waals surface area (Å²) in [5.41, 5.74) is 1.54. The number of hydrogen-bond acceptors (Lipinski definition) is 4. The second-order valence-corrected chi connectivity index (χ2v) is 7.81. The molecule has 0 spiro atoms. The zero-order valence-corrected chi connectivity index (χ0v) is 17.7. The Hall–Kier alpha value is -3.35. The Kier molecular flexibility index (Phi) is 8.41. The van der Waals surface area contributed by atoms with Crippen LogP contribution in [0.3, 0.4) is 0 Å². The van der Waals surface area contributed by atoms with Crippen LogP contribution >= 0.6 is 0 Å². The maximum absolute atomic E-state index is 12.3. The lowest BCUT2D eigenvalue weighted by Gasteiger charge is -2.19. The first-order valence-corrected chi connectivity index (χ1v) is 9.92. The molecule has 0 saturated heterocycles. The topological polar surface area (TPSA) is 96.5 Å². The molecule has 0 aliphatic heterocycles. The summed E-state index contributed by atoms with van der Waals surface area (Å²) >= 11 is 0. The summed E-state index contributed by atoms with van der Waals surface area (Å²) in [6, 6.07) is 16.8. The molecule has 7 heteroatoms. The summed E-state index contributed by atoms with van der Waals surface area (Å²) in [4.78, 5) is 36.1. The van der Waals surface area contributed by atoms with E-state index in [2.05, 4.69) is 16.0 Å². The fourth-order valence-corrected chi connectivity index (χ4v) is 2.62. The highest BCUT2D eigenvalue weighted by atomic mass is 16.6. The molecule has 0 aromatic heterocycles. The summed E-state index contributed by atoms with van der Waals surface area (Å²) in [5.74, 6) is -0.413. The molecule has 3 N–H and O–H groups in total. The van der Waals surface area contributed by atoms with Gasteiger partial charge in [-0.2, -0.15) is 0 Å². The van der Waals surface area contributed by atoms with Gasteiger partial charge in [-0.25, -0.2) is 4.79 Å². The van der Waals surface area contributed by atoms with E-state index in [-0.39, 0.29) is 24.8 Å². The Morgan fingerprint density at radius 1 is 0.800 bits per heavy atom. The molecule has 0 atom stereocenters. The van der Waals surface area contributed by atoms with E-state index in [0.717, 1.165) is 5.56 Å². The molecule has 0 radical (unpaired) electrons. The Balaban J connectivity index is 1.81. The number of anilines is 2. The minimum absolute atomic E-state index is 0.0789. The summed E-state index contributed by atoms with van der Waals surface area (Å²) < 4.78 is 5.13. The highest BCUT2D eigenvalue weighted by molar-refractivity contribution is 5.99. The normalized spacial score (nSPS) is 10.8. The van der Waals surface area contributed by atoms with Crippen LogP contribution in [0.2, 0.25) is 0 Å². The Labute approximate surface area is 177 Å². The molecule has 7 nitrogen and oxygen atoms in total. The third-order valence-electron chi connectivity index (χ3n) is 3.98. The van der Waals surface area contributed by atoms with E-state index in [9.17, 15) is 14.4 Å². The molecule has 2 rings (SSSR count). The number of nitrogens with one attached hydrogen (secondary N) is 3. The number of rotatable bonds is 8. The molecule has 2 aromatic carbocycles. The third kappa shape index (κ3) is 8.77. The first-order valence-electron chi connectivity index (χ1n) is 9.92. The summed E-state index contributed by atoms with van der Waals surface area (Å²) in [7, 11) is 0. The van der Waals surface area contributed by atoms with E-state index in [1.54, 1.807) is 45.0 Å². The average molecular weight is 412 g/mol. The van der Waals surface area contributed by atoms with E-state index in [1.165, 1.54) is 0 Å². The zero-order chi connectivity index (χ0) is 22.0. The van der Waals surface area contributed by atoms with Crippen molar-refractivity contribution in [2.24, 2.45) is 0 Å². The first kappa shape index (κ1) is 22.9. The average Bonchev–Trinajstić information content (AvgIpc) is 2.67. The molecule has 0 heterocycles. The van der Waals surface area contributed by atoms with Crippen LogP contribution in [0.1, 0.15) is 39.2 Å². The van der Waals surface area contributed by atoms with Crippen molar-refractivity contribution in [2.75, 3.05) is 17.2 Å². The number of amides is 3. The Bertz CT molecular complexity index is 860. The SMILES string of the molecule is CC(C)(C)OC(=O)NCCC(=O)Nc1ccccc1NC(=O)CCc1ccccc1. The first-order chi connectivity index (χ1) is 14.2. The maximum Gasteiger partial charge on any atom is 0.407 e. The van der Waals surface area contributed by atoms with Gasteiger partial charge in [0, 0.05) is 19.4 Å². The van der Waals surface area contributed by atoms with Gasteiger partial charge < -0.3 is 20.7 Å². The molecule has 0 aliphatic carbocycles. The van der Waals surface area contributed by atoms with Crippen molar-refractivity contribution in [3.63, 3.8) is 0 Å². The van der Waals surface area contributed by atoms with Crippen LogP contribution in [0, 0.1) is 0 Å². The molecule has 0 aliphatic rings. The van der Waals surface area contributed by atoms with Crippen molar-refractivity contribution < 1.29 is 19.1 Å². The van der Waals surface area contributed by atoms with Gasteiger partial charge in [-0.3, -0.25) is 9.59 Å². The van der Waals surface area contributed by atoms with Crippen molar-refractivity contribution in [1.82, 2.24) is 5.32 Å². The van der Waals surface area contributed by atoms with Crippen LogP contribution in [0.4, 0.5) is 16.2 Å². The highest BCUT2D eigenvalue weighted by Gasteiger charge is 2.16. The van der Waals surface area contributed by atoms with Crippen LogP contribution < -0.4 is 16.0 Å². The van der Waals surface area contributed by atoms with Gasteiger partial charge in [0.2, 0.25) is 11.8 Å². The predicted octanol–water partition coefficient (Wildman–Crippen LogP) is 4.11. The fourth-order valence-electron chi connectivity index (χ4n) is 2.62. The van der Waals surface area contributed by atoms with E-state index in [0.29, 0.717) is 24.2 Å². The van der Waals surface area contributed by atoms with Gasteiger partial charge in [0.25, 0.3) is 0 Å². The second-order valence-electron chi connectivity index (χ2n) is 7.81. The number of alkyl carbamates (subject to hydrolysis) is 1. The molecule has 3 amide bonds. The highest BCUT2D eigenvalue weighted by Crippen LogP contribution is 2.21.